The highest BCUT2D eigenvalue weighted by atomic mass is 16.3. The third kappa shape index (κ3) is 1.44. The van der Waals surface area contributed by atoms with E-state index in [9.17, 15) is 0 Å². The van der Waals surface area contributed by atoms with Crippen molar-refractivity contribution < 1.29 is 4.42 Å². The lowest BCUT2D eigenvalue weighted by Crippen LogP contribution is -1.96. The van der Waals surface area contributed by atoms with E-state index in [4.69, 9.17) is 10.2 Å². The Morgan fingerprint density at radius 2 is 2.25 bits per heavy atom. The molecule has 0 atom stereocenters. The van der Waals surface area contributed by atoms with E-state index in [-0.39, 0.29) is 0 Å². The maximum absolute atomic E-state index is 5.70. The standard InChI is InChI=1S/C12H11N3O/c13-9-3-4-12-11(6-9)14-8-15(12)7-10-2-1-5-16-10/h1-6,8H,7,13H2. The quantitative estimate of drug-likeness (QED) is 0.664. The first-order valence-corrected chi connectivity index (χ1v) is 5.06. The number of aromatic nitrogens is 2. The summed E-state index contributed by atoms with van der Waals surface area (Å²) in [5.74, 6) is 0.913. The van der Waals surface area contributed by atoms with Crippen molar-refractivity contribution in [1.82, 2.24) is 9.55 Å². The van der Waals surface area contributed by atoms with Gasteiger partial charge in [-0.05, 0) is 30.3 Å². The molecule has 0 unspecified atom stereocenters. The Morgan fingerprint density at radius 3 is 3.06 bits per heavy atom. The molecule has 4 heteroatoms. The lowest BCUT2D eigenvalue weighted by molar-refractivity contribution is 0.496. The third-order valence-corrected chi connectivity index (χ3v) is 2.55. The molecule has 2 N–H and O–H groups in total. The number of nitrogens with zero attached hydrogens (tertiary/aromatic N) is 2. The van der Waals surface area contributed by atoms with Crippen LogP contribution < -0.4 is 5.73 Å². The number of nitrogen functional groups attached to an aromatic ring is 1. The molecule has 80 valence electrons. The molecule has 4 nitrogen and oxygen atoms in total. The molecule has 0 aliphatic carbocycles. The highest BCUT2D eigenvalue weighted by Crippen LogP contribution is 2.17. The Morgan fingerprint density at radius 1 is 1.31 bits per heavy atom. The molecule has 0 bridgehead atoms. The molecule has 3 rings (SSSR count). The second kappa shape index (κ2) is 3.41. The van der Waals surface area contributed by atoms with Gasteiger partial charge in [0.1, 0.15) is 5.76 Å². The summed E-state index contributed by atoms with van der Waals surface area (Å²) in [7, 11) is 0. The van der Waals surface area contributed by atoms with E-state index in [1.54, 1.807) is 12.6 Å². The lowest BCUT2D eigenvalue weighted by Gasteiger charge is -2.01. The fourth-order valence-electron chi connectivity index (χ4n) is 1.78. The van der Waals surface area contributed by atoms with Gasteiger partial charge in [-0.15, -0.1) is 0 Å². The molecular formula is C12H11N3O. The summed E-state index contributed by atoms with van der Waals surface area (Å²) in [4.78, 5) is 4.30. The fourth-order valence-corrected chi connectivity index (χ4v) is 1.78. The number of benzene rings is 1. The summed E-state index contributed by atoms with van der Waals surface area (Å²) in [6.07, 6.45) is 3.47. The summed E-state index contributed by atoms with van der Waals surface area (Å²) in [5.41, 5.74) is 8.40. The number of anilines is 1. The van der Waals surface area contributed by atoms with Crippen LogP contribution in [-0.2, 0) is 6.54 Å². The Balaban J connectivity index is 2.04. The summed E-state index contributed by atoms with van der Waals surface area (Å²) in [6, 6.07) is 9.55. The molecule has 2 aromatic heterocycles. The normalized spacial score (nSPS) is 11.0. The third-order valence-electron chi connectivity index (χ3n) is 2.55. The van der Waals surface area contributed by atoms with Gasteiger partial charge in [0.2, 0.25) is 0 Å². The van der Waals surface area contributed by atoms with Gasteiger partial charge in [-0.2, -0.15) is 0 Å². The van der Waals surface area contributed by atoms with Gasteiger partial charge in [0.05, 0.1) is 30.2 Å². The number of furan rings is 1. The van der Waals surface area contributed by atoms with Crippen molar-refractivity contribution in [3.8, 4) is 0 Å². The number of rotatable bonds is 2. The van der Waals surface area contributed by atoms with Gasteiger partial charge in [-0.3, -0.25) is 0 Å². The zero-order chi connectivity index (χ0) is 11.0. The average Bonchev–Trinajstić information content (AvgIpc) is 2.89. The SMILES string of the molecule is Nc1ccc2c(c1)ncn2Cc1ccco1. The van der Waals surface area contributed by atoms with E-state index in [0.29, 0.717) is 6.54 Å². The number of fused-ring (bicyclic) bond motifs is 1. The van der Waals surface area contributed by atoms with Crippen LogP contribution in [0.25, 0.3) is 11.0 Å². The van der Waals surface area contributed by atoms with Crippen LogP contribution in [0.1, 0.15) is 5.76 Å². The highest BCUT2D eigenvalue weighted by Gasteiger charge is 2.04. The van der Waals surface area contributed by atoms with E-state index in [0.717, 1.165) is 22.5 Å². The molecular weight excluding hydrogens is 202 g/mol. The average molecular weight is 213 g/mol. The molecule has 2 heterocycles. The number of hydrogen-bond acceptors (Lipinski definition) is 3. The van der Waals surface area contributed by atoms with Crippen LogP contribution in [0.5, 0.6) is 0 Å². The molecule has 3 aromatic rings. The molecule has 16 heavy (non-hydrogen) atoms. The predicted molar refractivity (Wildman–Crippen MR) is 62.0 cm³/mol. The summed E-state index contributed by atoms with van der Waals surface area (Å²) in [5, 5.41) is 0. The lowest BCUT2D eigenvalue weighted by atomic mass is 10.3. The largest absolute Gasteiger partial charge is 0.467 e. The van der Waals surface area contributed by atoms with Crippen molar-refractivity contribution in [3.05, 3.63) is 48.7 Å². The summed E-state index contributed by atoms with van der Waals surface area (Å²) >= 11 is 0. The smallest absolute Gasteiger partial charge is 0.123 e. The van der Waals surface area contributed by atoms with Crippen molar-refractivity contribution in [2.75, 3.05) is 5.73 Å². The van der Waals surface area contributed by atoms with E-state index in [1.807, 2.05) is 34.9 Å². The summed E-state index contributed by atoms with van der Waals surface area (Å²) in [6.45, 7) is 0.688. The molecule has 0 radical (unpaired) electrons. The van der Waals surface area contributed by atoms with Crippen LogP contribution >= 0.6 is 0 Å². The van der Waals surface area contributed by atoms with E-state index >= 15 is 0 Å². The second-order valence-electron chi connectivity index (χ2n) is 3.70. The van der Waals surface area contributed by atoms with Gasteiger partial charge in [-0.25, -0.2) is 4.98 Å². The molecule has 0 saturated carbocycles. The molecule has 0 saturated heterocycles. The predicted octanol–water partition coefficient (Wildman–Crippen LogP) is 2.26. The topological polar surface area (TPSA) is 57.0 Å². The van der Waals surface area contributed by atoms with E-state index in [1.165, 1.54) is 0 Å². The van der Waals surface area contributed by atoms with Crippen molar-refractivity contribution in [2.45, 2.75) is 6.54 Å². The van der Waals surface area contributed by atoms with Crippen molar-refractivity contribution in [1.29, 1.82) is 0 Å². The zero-order valence-electron chi connectivity index (χ0n) is 8.63. The zero-order valence-corrected chi connectivity index (χ0v) is 8.63. The minimum Gasteiger partial charge on any atom is -0.467 e. The number of hydrogen-bond donors (Lipinski definition) is 1. The first-order chi connectivity index (χ1) is 7.83. The van der Waals surface area contributed by atoms with E-state index in [2.05, 4.69) is 4.98 Å². The monoisotopic (exact) mass is 213 g/mol. The van der Waals surface area contributed by atoms with Gasteiger partial charge in [0.25, 0.3) is 0 Å². The van der Waals surface area contributed by atoms with Crippen LogP contribution in [0.4, 0.5) is 5.69 Å². The van der Waals surface area contributed by atoms with Crippen LogP contribution in [-0.4, -0.2) is 9.55 Å². The van der Waals surface area contributed by atoms with Crippen LogP contribution in [0.15, 0.2) is 47.3 Å². The van der Waals surface area contributed by atoms with Gasteiger partial charge in [0, 0.05) is 5.69 Å². The van der Waals surface area contributed by atoms with Gasteiger partial charge in [-0.1, -0.05) is 0 Å². The number of imidazole rings is 1. The maximum atomic E-state index is 5.70. The van der Waals surface area contributed by atoms with Crippen LogP contribution in [0.3, 0.4) is 0 Å². The maximum Gasteiger partial charge on any atom is 0.123 e. The first kappa shape index (κ1) is 9.03. The van der Waals surface area contributed by atoms with Crippen LogP contribution in [0, 0.1) is 0 Å². The van der Waals surface area contributed by atoms with Gasteiger partial charge >= 0.3 is 0 Å². The van der Waals surface area contributed by atoms with E-state index < -0.39 is 0 Å². The van der Waals surface area contributed by atoms with Gasteiger partial charge < -0.3 is 14.7 Å². The molecule has 0 aliphatic heterocycles. The van der Waals surface area contributed by atoms with Crippen molar-refractivity contribution >= 4 is 16.7 Å². The second-order valence-corrected chi connectivity index (χ2v) is 3.70. The molecule has 0 fully saturated rings. The minimum absolute atomic E-state index is 0.688. The minimum atomic E-state index is 0.688. The van der Waals surface area contributed by atoms with Crippen molar-refractivity contribution in [3.63, 3.8) is 0 Å². The Labute approximate surface area is 92.3 Å². The molecule has 0 aliphatic rings. The molecule has 1 aromatic carbocycles. The van der Waals surface area contributed by atoms with Crippen molar-refractivity contribution in [2.24, 2.45) is 0 Å². The molecule has 0 amide bonds. The Bertz CT molecular complexity index is 610. The first-order valence-electron chi connectivity index (χ1n) is 5.06. The summed E-state index contributed by atoms with van der Waals surface area (Å²) < 4.78 is 7.34. The Hall–Kier alpha value is -2.23. The Kier molecular flexibility index (Phi) is 1.93. The van der Waals surface area contributed by atoms with Gasteiger partial charge in [0.15, 0.2) is 0 Å². The fraction of sp³-hybridized carbons (Fsp3) is 0.0833. The highest BCUT2D eigenvalue weighted by molar-refractivity contribution is 5.78. The molecule has 0 spiro atoms. The number of nitrogens with two attached hydrogens (primary N) is 1. The van der Waals surface area contributed by atoms with Crippen LogP contribution in [0.2, 0.25) is 0 Å².